The van der Waals surface area contributed by atoms with E-state index in [0.717, 1.165) is 12.2 Å². The van der Waals surface area contributed by atoms with Crippen molar-refractivity contribution in [3.05, 3.63) is 40.8 Å². The highest BCUT2D eigenvalue weighted by Crippen LogP contribution is 2.22. The van der Waals surface area contributed by atoms with Crippen molar-refractivity contribution in [3.8, 4) is 0 Å². The molecule has 1 unspecified atom stereocenters. The molecule has 6 nitrogen and oxygen atoms in total. The third-order valence-corrected chi connectivity index (χ3v) is 2.00. The van der Waals surface area contributed by atoms with E-state index in [-0.39, 0.29) is 0 Å². The summed E-state index contributed by atoms with van der Waals surface area (Å²) in [6.45, 7) is 6.81. The van der Waals surface area contributed by atoms with Gasteiger partial charge in [-0.15, -0.1) is 0 Å². The molecule has 0 N–H and O–H groups in total. The first-order chi connectivity index (χ1) is 9.19. The van der Waals surface area contributed by atoms with Crippen LogP contribution >= 0.6 is 0 Å². The minimum absolute atomic E-state index is 0.464. The van der Waals surface area contributed by atoms with Crippen molar-refractivity contribution >= 4 is 29.7 Å². The normalized spacial score (nSPS) is 10.7. The largest absolute Gasteiger partial charge is 0.302 e. The number of hydrogen-bond acceptors (Lipinski definition) is 5. The van der Waals surface area contributed by atoms with E-state index in [9.17, 15) is 24.0 Å². The van der Waals surface area contributed by atoms with Gasteiger partial charge in [-0.05, 0) is 0 Å². The second-order valence-electron chi connectivity index (χ2n) is 2.98. The Hall–Kier alpha value is -3.26. The molecule has 0 aliphatic heterocycles. The summed E-state index contributed by atoms with van der Waals surface area (Å²) in [5.74, 6) is 5.46. The molecule has 0 bridgehead atoms. The van der Waals surface area contributed by atoms with Crippen LogP contribution in [-0.4, -0.2) is 35.7 Å². The van der Waals surface area contributed by atoms with Gasteiger partial charge >= 0.3 is 0 Å². The molecule has 0 heterocycles. The molecule has 6 heteroatoms. The maximum atomic E-state index is 10.8. The van der Waals surface area contributed by atoms with E-state index in [4.69, 9.17) is 6.57 Å². The van der Waals surface area contributed by atoms with E-state index < -0.39 is 23.1 Å². The lowest BCUT2D eigenvalue weighted by Crippen LogP contribution is -2.12. The number of nitrogens with zero attached hydrogens (tertiary/aromatic N) is 1. The van der Waals surface area contributed by atoms with Crippen molar-refractivity contribution in [1.29, 1.82) is 0 Å². The topological polar surface area (TPSA) is 89.7 Å². The van der Waals surface area contributed by atoms with E-state index in [1.807, 2.05) is 0 Å². The van der Waals surface area contributed by atoms with Gasteiger partial charge in [-0.1, -0.05) is 0 Å². The first kappa shape index (κ1) is 15.7. The molecule has 19 heavy (non-hydrogen) atoms. The van der Waals surface area contributed by atoms with Crippen molar-refractivity contribution in [2.45, 2.75) is 6.04 Å². The van der Waals surface area contributed by atoms with Gasteiger partial charge in [-0.2, -0.15) is 0 Å². The van der Waals surface area contributed by atoms with Crippen LogP contribution in [0.1, 0.15) is 0 Å². The average Bonchev–Trinajstić information content (AvgIpc) is 2.42. The molecular formula is C13H5NO5. The molecule has 0 aliphatic rings. The van der Waals surface area contributed by atoms with Gasteiger partial charge in [0.1, 0.15) is 35.3 Å². The molecule has 0 amide bonds. The van der Waals surface area contributed by atoms with E-state index in [1.165, 1.54) is 29.7 Å². The molecule has 1 atom stereocenters. The summed E-state index contributed by atoms with van der Waals surface area (Å²) in [5, 5.41) is 0. The summed E-state index contributed by atoms with van der Waals surface area (Å²) < 4.78 is 0. The first-order valence-electron chi connectivity index (χ1n) is 4.70. The van der Waals surface area contributed by atoms with E-state index in [1.54, 1.807) is 0 Å². The summed E-state index contributed by atoms with van der Waals surface area (Å²) in [4.78, 5) is 55.3. The summed E-state index contributed by atoms with van der Waals surface area (Å²) in [6, 6.07) is -1.39. The summed E-state index contributed by atoms with van der Waals surface area (Å²) in [7, 11) is 0. The molecule has 0 radical (unpaired) electrons. The quantitative estimate of drug-likeness (QED) is 0.365. The smallest absolute Gasteiger partial charge is 0.288 e. The summed E-state index contributed by atoms with van der Waals surface area (Å²) in [6.07, 6.45) is 2.25. The van der Waals surface area contributed by atoms with E-state index in [2.05, 4.69) is 4.85 Å². The number of hydrogen-bond donors (Lipinski definition) is 0. The maximum Gasteiger partial charge on any atom is 0.288 e. The lowest BCUT2D eigenvalue weighted by molar-refractivity contribution is 0.559. The highest BCUT2D eigenvalue weighted by molar-refractivity contribution is 5.78. The van der Waals surface area contributed by atoms with E-state index >= 15 is 0 Å². The van der Waals surface area contributed by atoms with Crippen molar-refractivity contribution < 1.29 is 24.0 Å². The average molecular weight is 255 g/mol. The number of carbonyl (C=O) groups excluding carboxylic acids is 5. The Morgan fingerprint density at radius 1 is 0.842 bits per heavy atom. The van der Waals surface area contributed by atoms with Gasteiger partial charge in [-0.3, -0.25) is 0 Å². The van der Waals surface area contributed by atoms with Crippen LogP contribution in [0, 0.1) is 12.5 Å². The Balaban J connectivity index is 5.95. The lowest BCUT2D eigenvalue weighted by Gasteiger charge is -2.07. The Morgan fingerprint density at radius 2 is 1.32 bits per heavy atom. The Labute approximate surface area is 107 Å². The minimum atomic E-state index is -1.39. The van der Waals surface area contributed by atoms with Crippen LogP contribution in [0.2, 0.25) is 0 Å². The predicted octanol–water partition coefficient (Wildman–Crippen LogP) is -0.430. The highest BCUT2D eigenvalue weighted by Gasteiger charge is 2.27. The molecule has 0 aliphatic carbocycles. The third-order valence-electron chi connectivity index (χ3n) is 2.00. The Bertz CT molecular complexity index is 619. The van der Waals surface area contributed by atoms with Crippen LogP contribution in [0.25, 0.3) is 4.85 Å². The van der Waals surface area contributed by atoms with Crippen molar-refractivity contribution in [3.63, 3.8) is 0 Å². The van der Waals surface area contributed by atoms with Gasteiger partial charge in [-0.25, -0.2) is 30.5 Å². The molecule has 92 valence electrons. The molecule has 0 spiro atoms. The molecule has 0 aromatic heterocycles. The predicted molar refractivity (Wildman–Crippen MR) is 63.1 cm³/mol. The summed E-state index contributed by atoms with van der Waals surface area (Å²) >= 11 is 0. The fourth-order valence-corrected chi connectivity index (χ4v) is 1.19. The second-order valence-corrected chi connectivity index (χ2v) is 2.98. The molecule has 0 saturated carbocycles. The number of rotatable bonds is 6. The van der Waals surface area contributed by atoms with Crippen molar-refractivity contribution in [1.82, 2.24) is 0 Å². The number of allylic oxidation sites excluding steroid dienone is 2. The Morgan fingerprint density at radius 3 is 1.63 bits per heavy atom. The molecule has 0 aromatic carbocycles. The second kappa shape index (κ2) is 8.84. The molecular weight excluding hydrogens is 250 g/mol. The fourth-order valence-electron chi connectivity index (χ4n) is 1.19. The summed E-state index contributed by atoms with van der Waals surface area (Å²) in [5.41, 5.74) is -0.967. The fraction of sp³-hybridized carbons (Fsp3) is 0.154. The van der Waals surface area contributed by atoms with Crippen LogP contribution in [-0.2, 0) is 24.0 Å². The first-order valence-corrected chi connectivity index (χ1v) is 4.70. The molecule has 0 fully saturated rings. The molecule has 0 aromatic rings. The van der Waals surface area contributed by atoms with Crippen molar-refractivity contribution in [2.75, 3.05) is 0 Å². The van der Waals surface area contributed by atoms with Gasteiger partial charge in [0, 0.05) is 12.2 Å². The molecule has 0 saturated heterocycles. The van der Waals surface area contributed by atoms with Gasteiger partial charge in [0.15, 0.2) is 0 Å². The van der Waals surface area contributed by atoms with Crippen LogP contribution < -0.4 is 0 Å². The van der Waals surface area contributed by atoms with Crippen LogP contribution in [0.15, 0.2) is 29.4 Å². The van der Waals surface area contributed by atoms with Crippen molar-refractivity contribution in [2.24, 2.45) is 5.92 Å². The monoisotopic (exact) mass is 255 g/mol. The van der Waals surface area contributed by atoms with E-state index in [0.29, 0.717) is 6.08 Å². The van der Waals surface area contributed by atoms with Crippen LogP contribution in [0.3, 0.4) is 0 Å². The maximum absolute atomic E-state index is 10.8. The van der Waals surface area contributed by atoms with Crippen LogP contribution in [0.5, 0.6) is 0 Å². The zero-order chi connectivity index (χ0) is 14.7. The van der Waals surface area contributed by atoms with Gasteiger partial charge in [0.05, 0.1) is 17.6 Å². The SMILES string of the molecule is [C-]#[N+]C(C=C=O)C(=C=O)C(=C=O)C(C=C=O)C=C=O. The van der Waals surface area contributed by atoms with Gasteiger partial charge in [0.2, 0.25) is 0 Å². The lowest BCUT2D eigenvalue weighted by atomic mass is 9.90. The minimum Gasteiger partial charge on any atom is -0.302 e. The zero-order valence-corrected chi connectivity index (χ0v) is 9.38. The third kappa shape index (κ3) is 4.24. The standard InChI is InChI=1S/C13H5NO5/c1-14-13(4-7-17)12(9-19)11(8-18)10(2-5-15)3-6-16/h2-4,10,13H. The van der Waals surface area contributed by atoms with Gasteiger partial charge < -0.3 is 4.85 Å². The molecule has 0 rings (SSSR count). The zero-order valence-electron chi connectivity index (χ0n) is 9.38. The highest BCUT2D eigenvalue weighted by atomic mass is 16.1. The van der Waals surface area contributed by atoms with Gasteiger partial charge in [0.25, 0.3) is 6.04 Å². The van der Waals surface area contributed by atoms with Crippen LogP contribution in [0.4, 0.5) is 0 Å². The Kier molecular flexibility index (Phi) is 7.33.